The molecule has 1 fully saturated rings. The fourth-order valence-corrected chi connectivity index (χ4v) is 2.88. The molecule has 2 rings (SSSR count). The van der Waals surface area contributed by atoms with Crippen molar-refractivity contribution >= 4 is 15.9 Å². The van der Waals surface area contributed by atoms with Crippen molar-refractivity contribution < 1.29 is 4.39 Å². The molecule has 15 heavy (non-hydrogen) atoms. The molecule has 1 aromatic rings. The molecule has 0 heterocycles. The SMILES string of the molecule is NC(c1cccc(F)c1Br)C1CCCC1. The predicted octanol–water partition coefficient (Wildman–Crippen LogP) is 3.78. The van der Waals surface area contributed by atoms with E-state index in [0.29, 0.717) is 10.4 Å². The predicted molar refractivity (Wildman–Crippen MR) is 63.0 cm³/mol. The maximum absolute atomic E-state index is 13.3. The van der Waals surface area contributed by atoms with Gasteiger partial charge >= 0.3 is 0 Å². The molecule has 1 atom stereocenters. The van der Waals surface area contributed by atoms with Crippen molar-refractivity contribution in [2.24, 2.45) is 11.7 Å². The fourth-order valence-electron chi connectivity index (χ4n) is 2.35. The van der Waals surface area contributed by atoms with Gasteiger partial charge < -0.3 is 5.73 Å². The molecule has 1 aliphatic carbocycles. The Morgan fingerprint density at radius 1 is 1.33 bits per heavy atom. The highest BCUT2D eigenvalue weighted by Gasteiger charge is 2.25. The summed E-state index contributed by atoms with van der Waals surface area (Å²) in [5.74, 6) is 0.295. The average molecular weight is 272 g/mol. The summed E-state index contributed by atoms with van der Waals surface area (Å²) in [6, 6.07) is 5.06. The Morgan fingerprint density at radius 2 is 2.00 bits per heavy atom. The lowest BCUT2D eigenvalue weighted by atomic mass is 9.92. The zero-order chi connectivity index (χ0) is 10.8. The van der Waals surface area contributed by atoms with Crippen LogP contribution in [0, 0.1) is 11.7 Å². The van der Waals surface area contributed by atoms with Gasteiger partial charge in [-0.05, 0) is 46.3 Å². The Labute approximate surface area is 98.0 Å². The van der Waals surface area contributed by atoms with E-state index in [4.69, 9.17) is 5.73 Å². The number of nitrogens with two attached hydrogens (primary N) is 1. The first-order chi connectivity index (χ1) is 7.20. The Balaban J connectivity index is 2.24. The number of hydrogen-bond donors (Lipinski definition) is 1. The third-order valence-electron chi connectivity index (χ3n) is 3.25. The topological polar surface area (TPSA) is 26.0 Å². The van der Waals surface area contributed by atoms with Gasteiger partial charge in [-0.15, -0.1) is 0 Å². The molecule has 2 N–H and O–H groups in total. The van der Waals surface area contributed by atoms with Gasteiger partial charge in [-0.1, -0.05) is 25.0 Å². The maximum Gasteiger partial charge on any atom is 0.137 e. The number of benzene rings is 1. The van der Waals surface area contributed by atoms with Crippen molar-refractivity contribution in [2.75, 3.05) is 0 Å². The van der Waals surface area contributed by atoms with E-state index in [-0.39, 0.29) is 11.9 Å². The zero-order valence-corrected chi connectivity index (χ0v) is 10.1. The first-order valence-corrected chi connectivity index (χ1v) is 6.19. The molecule has 1 aliphatic rings. The van der Waals surface area contributed by atoms with Crippen LogP contribution in [0.15, 0.2) is 22.7 Å². The van der Waals surface area contributed by atoms with Crippen LogP contribution in [0.3, 0.4) is 0 Å². The fraction of sp³-hybridized carbons (Fsp3) is 0.500. The summed E-state index contributed by atoms with van der Waals surface area (Å²) in [5.41, 5.74) is 7.08. The molecule has 0 saturated heterocycles. The smallest absolute Gasteiger partial charge is 0.137 e. The van der Waals surface area contributed by atoms with Gasteiger partial charge in [0.05, 0.1) is 4.47 Å². The van der Waals surface area contributed by atoms with Crippen LogP contribution in [0.4, 0.5) is 4.39 Å². The van der Waals surface area contributed by atoms with Crippen LogP contribution in [0.1, 0.15) is 37.3 Å². The molecule has 0 aliphatic heterocycles. The van der Waals surface area contributed by atoms with Crippen molar-refractivity contribution in [2.45, 2.75) is 31.7 Å². The number of rotatable bonds is 2. The van der Waals surface area contributed by atoms with Crippen molar-refractivity contribution in [1.82, 2.24) is 0 Å². The Hall–Kier alpha value is -0.410. The quantitative estimate of drug-likeness (QED) is 0.871. The summed E-state index contributed by atoms with van der Waals surface area (Å²) in [7, 11) is 0. The Kier molecular flexibility index (Phi) is 3.42. The Morgan fingerprint density at radius 3 is 2.67 bits per heavy atom. The molecule has 0 amide bonds. The molecule has 1 nitrogen and oxygen atoms in total. The van der Waals surface area contributed by atoms with Gasteiger partial charge in [0.25, 0.3) is 0 Å². The van der Waals surface area contributed by atoms with E-state index in [9.17, 15) is 4.39 Å². The summed E-state index contributed by atoms with van der Waals surface area (Å²) in [5, 5.41) is 0. The standard InChI is InChI=1S/C12H15BrFN/c13-11-9(6-3-7-10(11)14)12(15)8-4-1-2-5-8/h3,6-8,12H,1-2,4-5,15H2. The van der Waals surface area contributed by atoms with Gasteiger partial charge in [0.15, 0.2) is 0 Å². The molecule has 1 saturated carbocycles. The number of halogens is 2. The molecule has 0 bridgehead atoms. The maximum atomic E-state index is 13.3. The number of hydrogen-bond acceptors (Lipinski definition) is 1. The van der Waals surface area contributed by atoms with E-state index in [2.05, 4.69) is 15.9 Å². The second-order valence-electron chi connectivity index (χ2n) is 4.21. The zero-order valence-electron chi connectivity index (χ0n) is 8.55. The minimum absolute atomic E-state index is 0.0300. The van der Waals surface area contributed by atoms with Gasteiger partial charge in [0.1, 0.15) is 5.82 Å². The van der Waals surface area contributed by atoms with Gasteiger partial charge in [0.2, 0.25) is 0 Å². The van der Waals surface area contributed by atoms with Gasteiger partial charge in [-0.3, -0.25) is 0 Å². The van der Waals surface area contributed by atoms with Crippen LogP contribution in [0.2, 0.25) is 0 Å². The van der Waals surface area contributed by atoms with Crippen LogP contribution in [-0.2, 0) is 0 Å². The minimum atomic E-state index is -0.221. The summed E-state index contributed by atoms with van der Waals surface area (Å²) in [6.07, 6.45) is 4.85. The highest BCUT2D eigenvalue weighted by atomic mass is 79.9. The van der Waals surface area contributed by atoms with Crippen molar-refractivity contribution in [3.05, 3.63) is 34.1 Å². The third kappa shape index (κ3) is 2.23. The first-order valence-electron chi connectivity index (χ1n) is 5.39. The third-order valence-corrected chi connectivity index (χ3v) is 4.08. The molecule has 1 aromatic carbocycles. The van der Waals surface area contributed by atoms with E-state index in [1.165, 1.54) is 31.7 Å². The lowest BCUT2D eigenvalue weighted by Gasteiger charge is -2.20. The van der Waals surface area contributed by atoms with Crippen LogP contribution in [-0.4, -0.2) is 0 Å². The summed E-state index contributed by atoms with van der Waals surface area (Å²) >= 11 is 3.27. The second-order valence-corrected chi connectivity index (χ2v) is 5.01. The van der Waals surface area contributed by atoms with Crippen LogP contribution >= 0.6 is 15.9 Å². The van der Waals surface area contributed by atoms with E-state index in [1.54, 1.807) is 6.07 Å². The summed E-state index contributed by atoms with van der Waals surface area (Å²) < 4.78 is 13.9. The second kappa shape index (κ2) is 4.62. The average Bonchev–Trinajstić information content (AvgIpc) is 2.74. The van der Waals surface area contributed by atoms with Gasteiger partial charge in [-0.25, -0.2) is 4.39 Å². The van der Waals surface area contributed by atoms with E-state index < -0.39 is 0 Å². The van der Waals surface area contributed by atoms with E-state index in [1.807, 2.05) is 6.07 Å². The molecule has 1 unspecified atom stereocenters. The van der Waals surface area contributed by atoms with Gasteiger partial charge in [0, 0.05) is 6.04 Å². The van der Waals surface area contributed by atoms with Crippen LogP contribution < -0.4 is 5.73 Å². The van der Waals surface area contributed by atoms with Crippen molar-refractivity contribution in [3.63, 3.8) is 0 Å². The Bertz CT molecular complexity index is 347. The minimum Gasteiger partial charge on any atom is -0.324 e. The van der Waals surface area contributed by atoms with Crippen molar-refractivity contribution in [1.29, 1.82) is 0 Å². The van der Waals surface area contributed by atoms with E-state index >= 15 is 0 Å². The molecule has 3 heteroatoms. The molecular weight excluding hydrogens is 257 g/mol. The summed E-state index contributed by atoms with van der Waals surface area (Å²) in [4.78, 5) is 0. The largest absolute Gasteiger partial charge is 0.324 e. The van der Waals surface area contributed by atoms with Crippen molar-refractivity contribution in [3.8, 4) is 0 Å². The van der Waals surface area contributed by atoms with Crippen LogP contribution in [0.5, 0.6) is 0 Å². The normalized spacial score (nSPS) is 19.4. The molecule has 0 spiro atoms. The monoisotopic (exact) mass is 271 g/mol. The highest BCUT2D eigenvalue weighted by molar-refractivity contribution is 9.10. The molecule has 82 valence electrons. The molecule has 0 radical (unpaired) electrons. The summed E-state index contributed by atoms with van der Waals surface area (Å²) in [6.45, 7) is 0. The lowest BCUT2D eigenvalue weighted by molar-refractivity contribution is 0.441. The molecular formula is C12H15BrFN. The van der Waals surface area contributed by atoms with E-state index in [0.717, 1.165) is 5.56 Å². The highest BCUT2D eigenvalue weighted by Crippen LogP contribution is 2.37. The first kappa shape index (κ1) is 11.1. The van der Waals surface area contributed by atoms with Gasteiger partial charge in [-0.2, -0.15) is 0 Å². The lowest BCUT2D eigenvalue weighted by Crippen LogP contribution is -2.19. The molecule has 0 aromatic heterocycles. The van der Waals surface area contributed by atoms with Crippen LogP contribution in [0.25, 0.3) is 0 Å².